The minimum absolute atomic E-state index is 0.00559. The van der Waals surface area contributed by atoms with E-state index in [0.29, 0.717) is 0 Å². The number of carboxylic acid groups (broad SMARTS) is 1. The smallest absolute Gasteiger partial charge is 0.408 e. The van der Waals surface area contributed by atoms with Gasteiger partial charge < -0.3 is 15.2 Å². The van der Waals surface area contributed by atoms with Gasteiger partial charge >= 0.3 is 12.1 Å². The summed E-state index contributed by atoms with van der Waals surface area (Å²) < 4.78 is 4.99. The molecular weight excluding hydrogens is 222 g/mol. The van der Waals surface area contributed by atoms with E-state index in [1.54, 1.807) is 26.8 Å². The maximum Gasteiger partial charge on any atom is 0.408 e. The summed E-state index contributed by atoms with van der Waals surface area (Å²) in [7, 11) is 0. The van der Waals surface area contributed by atoms with E-state index in [4.69, 9.17) is 9.84 Å². The van der Waals surface area contributed by atoms with E-state index in [2.05, 4.69) is 11.9 Å². The first-order valence-electron chi connectivity index (χ1n) is 5.50. The molecule has 0 aromatic rings. The van der Waals surface area contributed by atoms with Crippen molar-refractivity contribution in [1.82, 2.24) is 5.32 Å². The van der Waals surface area contributed by atoms with Crippen molar-refractivity contribution in [3.63, 3.8) is 0 Å². The van der Waals surface area contributed by atoms with Crippen molar-refractivity contribution in [3.8, 4) is 0 Å². The standard InChI is InChI=1S/C12H21NO4/c1-6-8(2)7-9(10(14)15)13-11(16)17-12(3,4)5/h6,8-9H,1,7H2,2-5H3,(H,13,16)(H,14,15)/t8?,9-/m0/s1. The monoisotopic (exact) mass is 243 g/mol. The minimum atomic E-state index is -1.08. The van der Waals surface area contributed by atoms with Gasteiger partial charge in [-0.1, -0.05) is 13.0 Å². The highest BCUT2D eigenvalue weighted by Crippen LogP contribution is 2.10. The number of carboxylic acids is 1. The lowest BCUT2D eigenvalue weighted by Crippen LogP contribution is -2.44. The molecule has 1 amide bonds. The van der Waals surface area contributed by atoms with Gasteiger partial charge in [-0.05, 0) is 33.1 Å². The van der Waals surface area contributed by atoms with E-state index in [1.807, 2.05) is 6.92 Å². The number of hydrogen-bond acceptors (Lipinski definition) is 3. The first-order chi connectivity index (χ1) is 7.65. The molecule has 0 aliphatic rings. The number of carbonyl (C=O) groups is 2. The van der Waals surface area contributed by atoms with Crippen LogP contribution in [0.3, 0.4) is 0 Å². The Morgan fingerprint density at radius 2 is 2.00 bits per heavy atom. The van der Waals surface area contributed by atoms with Gasteiger partial charge in [-0.25, -0.2) is 9.59 Å². The zero-order valence-electron chi connectivity index (χ0n) is 10.8. The lowest BCUT2D eigenvalue weighted by molar-refractivity contribution is -0.139. The van der Waals surface area contributed by atoms with Crippen molar-refractivity contribution in [2.24, 2.45) is 5.92 Å². The van der Waals surface area contributed by atoms with Crippen molar-refractivity contribution in [1.29, 1.82) is 0 Å². The summed E-state index contributed by atoms with van der Waals surface area (Å²) in [4.78, 5) is 22.4. The van der Waals surface area contributed by atoms with Crippen molar-refractivity contribution < 1.29 is 19.4 Å². The van der Waals surface area contributed by atoms with Crippen molar-refractivity contribution >= 4 is 12.1 Å². The Labute approximate surface area is 102 Å². The quantitative estimate of drug-likeness (QED) is 0.726. The van der Waals surface area contributed by atoms with Gasteiger partial charge in [0.1, 0.15) is 11.6 Å². The van der Waals surface area contributed by atoms with Crippen LogP contribution in [-0.2, 0) is 9.53 Å². The molecule has 0 aromatic heterocycles. The molecule has 5 nitrogen and oxygen atoms in total. The second-order valence-corrected chi connectivity index (χ2v) is 4.99. The summed E-state index contributed by atoms with van der Waals surface area (Å²) in [5.41, 5.74) is -0.642. The molecule has 0 fully saturated rings. The highest BCUT2D eigenvalue weighted by Gasteiger charge is 2.24. The first kappa shape index (κ1) is 15.5. The summed E-state index contributed by atoms with van der Waals surface area (Å²) >= 11 is 0. The zero-order chi connectivity index (χ0) is 13.6. The van der Waals surface area contributed by atoms with Crippen LogP contribution >= 0.6 is 0 Å². The van der Waals surface area contributed by atoms with Crippen LogP contribution in [0.25, 0.3) is 0 Å². The third kappa shape index (κ3) is 7.38. The molecule has 0 aliphatic heterocycles. The number of nitrogens with one attached hydrogen (secondary N) is 1. The van der Waals surface area contributed by atoms with Crippen molar-refractivity contribution in [2.45, 2.75) is 45.8 Å². The molecule has 0 radical (unpaired) electrons. The van der Waals surface area contributed by atoms with Crippen LogP contribution < -0.4 is 5.32 Å². The van der Waals surface area contributed by atoms with E-state index in [0.717, 1.165) is 0 Å². The molecule has 17 heavy (non-hydrogen) atoms. The molecule has 0 aromatic carbocycles. The predicted molar refractivity (Wildman–Crippen MR) is 64.8 cm³/mol. The third-order valence-corrected chi connectivity index (χ3v) is 2.00. The van der Waals surface area contributed by atoms with Gasteiger partial charge in [-0.3, -0.25) is 0 Å². The fraction of sp³-hybridized carbons (Fsp3) is 0.667. The molecule has 2 N–H and O–H groups in total. The van der Waals surface area contributed by atoms with Gasteiger partial charge in [-0.15, -0.1) is 6.58 Å². The number of rotatable bonds is 5. The van der Waals surface area contributed by atoms with Gasteiger partial charge in [0.25, 0.3) is 0 Å². The Kier molecular flexibility index (Phi) is 5.71. The highest BCUT2D eigenvalue weighted by molar-refractivity contribution is 5.80. The number of amides is 1. The summed E-state index contributed by atoms with van der Waals surface area (Å²) in [5.74, 6) is -1.07. The molecular formula is C12H21NO4. The van der Waals surface area contributed by atoms with E-state index in [9.17, 15) is 9.59 Å². The summed E-state index contributed by atoms with van der Waals surface area (Å²) in [6, 6.07) is -0.960. The average Bonchev–Trinajstić information content (AvgIpc) is 2.13. The lowest BCUT2D eigenvalue weighted by Gasteiger charge is -2.22. The SMILES string of the molecule is C=CC(C)C[C@H](NC(=O)OC(C)(C)C)C(=O)O. The number of aliphatic carboxylic acids is 1. The van der Waals surface area contributed by atoms with Gasteiger partial charge in [0, 0.05) is 0 Å². The molecule has 0 saturated heterocycles. The van der Waals surface area contributed by atoms with Crippen LogP contribution in [0, 0.1) is 5.92 Å². The summed E-state index contributed by atoms with van der Waals surface area (Å²) in [5, 5.41) is 11.3. The predicted octanol–water partition coefficient (Wildman–Crippen LogP) is 2.18. The Morgan fingerprint density at radius 1 is 1.47 bits per heavy atom. The molecule has 0 saturated carbocycles. The topological polar surface area (TPSA) is 75.6 Å². The maximum atomic E-state index is 11.4. The maximum absolute atomic E-state index is 11.4. The normalized spacial score (nSPS) is 14.6. The lowest BCUT2D eigenvalue weighted by atomic mass is 10.0. The van der Waals surface area contributed by atoms with E-state index < -0.39 is 23.7 Å². The van der Waals surface area contributed by atoms with E-state index in [1.165, 1.54) is 0 Å². The van der Waals surface area contributed by atoms with Gasteiger partial charge in [0.15, 0.2) is 0 Å². The largest absolute Gasteiger partial charge is 0.480 e. The Hall–Kier alpha value is -1.52. The second-order valence-electron chi connectivity index (χ2n) is 4.99. The van der Waals surface area contributed by atoms with Crippen molar-refractivity contribution in [3.05, 3.63) is 12.7 Å². The number of allylic oxidation sites excluding steroid dienone is 1. The number of carbonyl (C=O) groups excluding carboxylic acids is 1. The second kappa shape index (κ2) is 6.27. The molecule has 5 heteroatoms. The van der Waals surface area contributed by atoms with Gasteiger partial charge in [0.05, 0.1) is 0 Å². The number of alkyl carbamates (subject to hydrolysis) is 1. The molecule has 0 heterocycles. The zero-order valence-corrected chi connectivity index (χ0v) is 10.8. The fourth-order valence-electron chi connectivity index (χ4n) is 1.14. The van der Waals surface area contributed by atoms with E-state index in [-0.39, 0.29) is 12.3 Å². The number of ether oxygens (including phenoxy) is 1. The Bertz CT molecular complexity index is 293. The number of hydrogen-bond donors (Lipinski definition) is 2. The van der Waals surface area contributed by atoms with Crippen molar-refractivity contribution in [2.75, 3.05) is 0 Å². The van der Waals surface area contributed by atoms with Crippen LogP contribution in [-0.4, -0.2) is 28.8 Å². The molecule has 98 valence electrons. The molecule has 1 unspecified atom stereocenters. The van der Waals surface area contributed by atoms with Gasteiger partial charge in [-0.2, -0.15) is 0 Å². The Morgan fingerprint density at radius 3 is 2.35 bits per heavy atom. The Balaban J connectivity index is 4.40. The first-order valence-corrected chi connectivity index (χ1v) is 5.50. The highest BCUT2D eigenvalue weighted by atomic mass is 16.6. The molecule has 0 aliphatic carbocycles. The molecule has 0 spiro atoms. The van der Waals surface area contributed by atoms with Crippen LogP contribution in [0.4, 0.5) is 4.79 Å². The van der Waals surface area contributed by atoms with Crippen LogP contribution in [0.15, 0.2) is 12.7 Å². The molecule has 2 atom stereocenters. The van der Waals surface area contributed by atoms with Gasteiger partial charge in [0.2, 0.25) is 0 Å². The van der Waals surface area contributed by atoms with E-state index >= 15 is 0 Å². The molecule has 0 rings (SSSR count). The van der Waals surface area contributed by atoms with Crippen LogP contribution in [0.1, 0.15) is 34.1 Å². The third-order valence-electron chi connectivity index (χ3n) is 2.00. The minimum Gasteiger partial charge on any atom is -0.480 e. The van der Waals surface area contributed by atoms with Crippen LogP contribution in [0.5, 0.6) is 0 Å². The fourth-order valence-corrected chi connectivity index (χ4v) is 1.14. The van der Waals surface area contributed by atoms with Crippen LogP contribution in [0.2, 0.25) is 0 Å². The summed E-state index contributed by atoms with van der Waals surface area (Å²) in [6.07, 6.45) is 1.21. The molecule has 0 bridgehead atoms. The average molecular weight is 243 g/mol. The summed E-state index contributed by atoms with van der Waals surface area (Å²) in [6.45, 7) is 10.6.